The minimum absolute atomic E-state index is 0.0192. The molecule has 2 aliphatic rings. The highest BCUT2D eigenvalue weighted by molar-refractivity contribution is 8.14. The molecule has 0 saturated carbocycles. The van der Waals surface area contributed by atoms with Gasteiger partial charge < -0.3 is 10.2 Å². The number of carboxylic acids is 1. The molecule has 2 unspecified atom stereocenters. The summed E-state index contributed by atoms with van der Waals surface area (Å²) in [6.07, 6.45) is 1.63. The summed E-state index contributed by atoms with van der Waals surface area (Å²) in [4.78, 5) is 21.9. The SMILES string of the molecule is CN1C(C2CSC(c3ncccc3O)=N2)SC[C@@H]1C(=O)O. The minimum atomic E-state index is -0.787. The summed E-state index contributed by atoms with van der Waals surface area (Å²) in [6.45, 7) is 0. The number of carbonyl (C=O) groups is 1. The van der Waals surface area contributed by atoms with Gasteiger partial charge in [0, 0.05) is 17.7 Å². The second-order valence-electron chi connectivity index (χ2n) is 4.93. The first-order valence-electron chi connectivity index (χ1n) is 6.49. The third-order valence-corrected chi connectivity index (χ3v) is 6.17. The Morgan fingerprint density at radius 3 is 2.95 bits per heavy atom. The summed E-state index contributed by atoms with van der Waals surface area (Å²) in [5.74, 6) is 0.696. The van der Waals surface area contributed by atoms with Crippen molar-refractivity contribution >= 4 is 34.5 Å². The number of aliphatic carboxylic acids is 1. The molecule has 1 aromatic rings. The summed E-state index contributed by atoms with van der Waals surface area (Å²) in [5.41, 5.74) is 0.505. The van der Waals surface area contributed by atoms with Crippen LogP contribution in [0, 0.1) is 0 Å². The Kier molecular flexibility index (Phi) is 4.10. The molecule has 2 N–H and O–H groups in total. The fourth-order valence-electron chi connectivity index (χ4n) is 2.46. The maximum atomic E-state index is 11.2. The van der Waals surface area contributed by atoms with Crippen molar-refractivity contribution < 1.29 is 15.0 Å². The van der Waals surface area contributed by atoms with E-state index in [0.717, 1.165) is 10.8 Å². The molecule has 0 spiro atoms. The number of nitrogens with zero attached hydrogens (tertiary/aromatic N) is 3. The molecule has 1 aromatic heterocycles. The van der Waals surface area contributed by atoms with E-state index in [-0.39, 0.29) is 17.2 Å². The number of thioether (sulfide) groups is 2. The van der Waals surface area contributed by atoms with E-state index in [1.165, 1.54) is 0 Å². The smallest absolute Gasteiger partial charge is 0.321 e. The van der Waals surface area contributed by atoms with Gasteiger partial charge in [-0.3, -0.25) is 19.7 Å². The van der Waals surface area contributed by atoms with E-state index in [1.54, 1.807) is 41.9 Å². The quantitative estimate of drug-likeness (QED) is 0.861. The van der Waals surface area contributed by atoms with Crippen LogP contribution >= 0.6 is 23.5 Å². The predicted molar refractivity (Wildman–Crippen MR) is 84.1 cm³/mol. The average Bonchev–Trinajstić information content (AvgIpc) is 3.05. The van der Waals surface area contributed by atoms with E-state index in [9.17, 15) is 15.0 Å². The predicted octanol–water partition coefficient (Wildman–Crippen LogP) is 1.11. The van der Waals surface area contributed by atoms with Gasteiger partial charge >= 0.3 is 5.97 Å². The van der Waals surface area contributed by atoms with Crippen LogP contribution in [0.15, 0.2) is 23.3 Å². The number of aliphatic imine (C=N–C) groups is 1. The van der Waals surface area contributed by atoms with E-state index < -0.39 is 12.0 Å². The van der Waals surface area contributed by atoms with Gasteiger partial charge in [0.05, 0.1) is 11.4 Å². The second kappa shape index (κ2) is 5.86. The van der Waals surface area contributed by atoms with Gasteiger partial charge in [-0.1, -0.05) is 0 Å². The first-order chi connectivity index (χ1) is 10.1. The van der Waals surface area contributed by atoms with Gasteiger partial charge in [-0.2, -0.15) is 0 Å². The van der Waals surface area contributed by atoms with Crippen molar-refractivity contribution in [1.82, 2.24) is 9.88 Å². The molecule has 3 rings (SSSR count). The largest absolute Gasteiger partial charge is 0.506 e. The lowest BCUT2D eigenvalue weighted by molar-refractivity contribution is -0.141. The summed E-state index contributed by atoms with van der Waals surface area (Å²) in [7, 11) is 1.83. The highest BCUT2D eigenvalue weighted by Crippen LogP contribution is 2.37. The van der Waals surface area contributed by atoms with Crippen molar-refractivity contribution in [3.8, 4) is 5.75 Å². The summed E-state index contributed by atoms with van der Waals surface area (Å²) in [6, 6.07) is 2.84. The Labute approximate surface area is 130 Å². The molecule has 0 aliphatic carbocycles. The Bertz CT molecular complexity index is 596. The third kappa shape index (κ3) is 2.75. The third-order valence-electron chi connectivity index (χ3n) is 3.59. The molecule has 8 heteroatoms. The highest BCUT2D eigenvalue weighted by Gasteiger charge is 2.41. The summed E-state index contributed by atoms with van der Waals surface area (Å²) in [5, 5.41) is 19.8. The lowest BCUT2D eigenvalue weighted by Crippen LogP contribution is -2.42. The number of aromatic hydroxyl groups is 1. The number of pyridine rings is 1. The van der Waals surface area contributed by atoms with Crippen LogP contribution in [0.1, 0.15) is 5.69 Å². The number of aromatic nitrogens is 1. The van der Waals surface area contributed by atoms with Crippen LogP contribution in [-0.4, -0.2) is 67.1 Å². The number of likely N-dealkylation sites (N-methyl/N-ethyl adjacent to an activating group) is 1. The fourth-order valence-corrected chi connectivity index (χ4v) is 5.19. The lowest BCUT2D eigenvalue weighted by Gasteiger charge is -2.24. The molecule has 1 saturated heterocycles. The van der Waals surface area contributed by atoms with Gasteiger partial charge in [0.2, 0.25) is 0 Å². The van der Waals surface area contributed by atoms with Crippen molar-refractivity contribution in [2.45, 2.75) is 17.5 Å². The molecule has 0 radical (unpaired) electrons. The molecule has 0 aromatic carbocycles. The maximum Gasteiger partial charge on any atom is 0.321 e. The second-order valence-corrected chi connectivity index (χ2v) is 7.09. The van der Waals surface area contributed by atoms with Crippen molar-refractivity contribution in [2.24, 2.45) is 4.99 Å². The zero-order valence-electron chi connectivity index (χ0n) is 11.3. The van der Waals surface area contributed by atoms with Gasteiger partial charge in [0.15, 0.2) is 0 Å². The van der Waals surface area contributed by atoms with Crippen LogP contribution in [0.25, 0.3) is 0 Å². The lowest BCUT2D eigenvalue weighted by atomic mass is 10.2. The summed E-state index contributed by atoms with van der Waals surface area (Å²) >= 11 is 3.18. The Morgan fingerprint density at radius 1 is 1.48 bits per heavy atom. The van der Waals surface area contributed by atoms with Crippen molar-refractivity contribution in [3.05, 3.63) is 24.0 Å². The van der Waals surface area contributed by atoms with E-state index >= 15 is 0 Å². The molecule has 3 atom stereocenters. The fraction of sp³-hybridized carbons (Fsp3) is 0.462. The zero-order chi connectivity index (χ0) is 15.0. The topological polar surface area (TPSA) is 86.0 Å². The molecular weight excluding hydrogens is 310 g/mol. The van der Waals surface area contributed by atoms with Crippen LogP contribution < -0.4 is 0 Å². The molecule has 112 valence electrons. The van der Waals surface area contributed by atoms with Gasteiger partial charge in [0.25, 0.3) is 0 Å². The van der Waals surface area contributed by atoms with E-state index in [0.29, 0.717) is 11.4 Å². The van der Waals surface area contributed by atoms with Crippen molar-refractivity contribution in [1.29, 1.82) is 0 Å². The highest BCUT2D eigenvalue weighted by atomic mass is 32.2. The molecule has 2 aliphatic heterocycles. The van der Waals surface area contributed by atoms with E-state index in [1.807, 2.05) is 11.9 Å². The normalized spacial score (nSPS) is 29.6. The molecule has 21 heavy (non-hydrogen) atoms. The van der Waals surface area contributed by atoms with Crippen LogP contribution in [0.2, 0.25) is 0 Å². The Balaban J connectivity index is 1.78. The van der Waals surface area contributed by atoms with Crippen molar-refractivity contribution in [3.63, 3.8) is 0 Å². The number of rotatable bonds is 3. The molecule has 1 fully saturated rings. The Morgan fingerprint density at radius 2 is 2.29 bits per heavy atom. The van der Waals surface area contributed by atoms with E-state index in [2.05, 4.69) is 9.98 Å². The van der Waals surface area contributed by atoms with Crippen LogP contribution in [0.5, 0.6) is 5.75 Å². The first-order valence-corrected chi connectivity index (χ1v) is 8.52. The average molecular weight is 325 g/mol. The number of hydrogen-bond donors (Lipinski definition) is 2. The molecular formula is C13H15N3O3S2. The van der Waals surface area contributed by atoms with Crippen LogP contribution in [-0.2, 0) is 4.79 Å². The van der Waals surface area contributed by atoms with Crippen LogP contribution in [0.4, 0.5) is 0 Å². The molecule has 0 bridgehead atoms. The monoisotopic (exact) mass is 325 g/mol. The maximum absolute atomic E-state index is 11.2. The summed E-state index contributed by atoms with van der Waals surface area (Å²) < 4.78 is 0. The number of hydrogen-bond acceptors (Lipinski definition) is 7. The van der Waals surface area contributed by atoms with E-state index in [4.69, 9.17) is 0 Å². The van der Waals surface area contributed by atoms with Gasteiger partial charge in [0.1, 0.15) is 22.5 Å². The van der Waals surface area contributed by atoms with Gasteiger partial charge in [-0.15, -0.1) is 23.5 Å². The standard InChI is InChI=1S/C13H15N3O3S2/c1-16-8(13(18)19)6-21-12(16)7-5-20-11(15-7)10-9(17)3-2-4-14-10/h2-4,7-8,12,17H,5-6H2,1H3,(H,18,19)/t7?,8-,12?/m1/s1. The molecule has 6 nitrogen and oxygen atoms in total. The number of carboxylic acid groups (broad SMARTS) is 1. The molecule has 0 amide bonds. The minimum Gasteiger partial charge on any atom is -0.506 e. The molecule has 3 heterocycles. The van der Waals surface area contributed by atoms with Crippen LogP contribution in [0.3, 0.4) is 0 Å². The zero-order valence-corrected chi connectivity index (χ0v) is 13.0. The van der Waals surface area contributed by atoms with Gasteiger partial charge in [-0.05, 0) is 19.2 Å². The first kappa shape index (κ1) is 14.7. The Hall–Kier alpha value is -1.25. The van der Waals surface area contributed by atoms with Gasteiger partial charge in [-0.25, -0.2) is 0 Å². The van der Waals surface area contributed by atoms with Crippen molar-refractivity contribution in [2.75, 3.05) is 18.6 Å².